The van der Waals surface area contributed by atoms with Crippen LogP contribution in [0.1, 0.15) is 11.7 Å². The molecule has 7 heteroatoms. The van der Waals surface area contributed by atoms with Crippen LogP contribution in [0.15, 0.2) is 18.2 Å². The Bertz CT molecular complexity index is 377. The first-order valence-electron chi connectivity index (χ1n) is 4.57. The second kappa shape index (κ2) is 5.42. The molecule has 0 aliphatic rings. The number of halogens is 5. The summed E-state index contributed by atoms with van der Waals surface area (Å²) >= 11 is 0. The lowest BCUT2D eigenvalue weighted by Crippen LogP contribution is -2.20. The number of ether oxygens (including phenoxy) is 1. The summed E-state index contributed by atoms with van der Waals surface area (Å²) in [5.41, 5.74) is -0.438. The standard InChI is InChI=1S/C10H9F5O2/c11-6-1-2-8(12)7(3-6)9(16)4-17-5-10(13,14)15/h1-3,9,16H,4-5H2. The third kappa shape index (κ3) is 4.66. The van der Waals surface area contributed by atoms with Gasteiger partial charge in [-0.2, -0.15) is 13.2 Å². The monoisotopic (exact) mass is 256 g/mol. The van der Waals surface area contributed by atoms with E-state index in [1.54, 1.807) is 0 Å². The van der Waals surface area contributed by atoms with E-state index in [0.29, 0.717) is 6.07 Å². The minimum atomic E-state index is -4.53. The zero-order valence-corrected chi connectivity index (χ0v) is 8.47. The van der Waals surface area contributed by atoms with Crippen molar-refractivity contribution in [1.82, 2.24) is 0 Å². The molecule has 0 amide bonds. The van der Waals surface area contributed by atoms with Crippen molar-refractivity contribution in [3.63, 3.8) is 0 Å². The molecule has 1 aromatic carbocycles. The SMILES string of the molecule is OC(COCC(F)(F)F)c1cc(F)ccc1F. The average Bonchev–Trinajstić information content (AvgIpc) is 2.19. The van der Waals surface area contributed by atoms with Crippen LogP contribution in [0.3, 0.4) is 0 Å². The molecule has 0 bridgehead atoms. The van der Waals surface area contributed by atoms with Crippen LogP contribution in [-0.4, -0.2) is 24.5 Å². The van der Waals surface area contributed by atoms with E-state index in [1.807, 2.05) is 0 Å². The van der Waals surface area contributed by atoms with Crippen molar-refractivity contribution in [2.75, 3.05) is 13.2 Å². The first-order chi connectivity index (χ1) is 7.79. The summed E-state index contributed by atoms with van der Waals surface area (Å²) in [5.74, 6) is -1.70. The van der Waals surface area contributed by atoms with Gasteiger partial charge in [-0.3, -0.25) is 0 Å². The Kier molecular flexibility index (Phi) is 4.41. The fourth-order valence-corrected chi connectivity index (χ4v) is 1.15. The summed E-state index contributed by atoms with van der Waals surface area (Å²) in [6.45, 7) is -2.32. The minimum absolute atomic E-state index is 0.438. The third-order valence-corrected chi connectivity index (χ3v) is 1.86. The number of hydrogen-bond donors (Lipinski definition) is 1. The van der Waals surface area contributed by atoms with Crippen molar-refractivity contribution in [3.05, 3.63) is 35.4 Å². The van der Waals surface area contributed by atoms with E-state index >= 15 is 0 Å². The number of alkyl halides is 3. The van der Waals surface area contributed by atoms with Gasteiger partial charge in [0.05, 0.1) is 6.61 Å². The van der Waals surface area contributed by atoms with Crippen LogP contribution in [-0.2, 0) is 4.74 Å². The first kappa shape index (κ1) is 13.9. The quantitative estimate of drug-likeness (QED) is 0.839. The first-order valence-corrected chi connectivity index (χ1v) is 4.57. The summed E-state index contributed by atoms with van der Waals surface area (Å²) in [4.78, 5) is 0. The van der Waals surface area contributed by atoms with E-state index in [9.17, 15) is 27.1 Å². The highest BCUT2D eigenvalue weighted by atomic mass is 19.4. The molecule has 0 fully saturated rings. The van der Waals surface area contributed by atoms with E-state index in [1.165, 1.54) is 0 Å². The van der Waals surface area contributed by atoms with Crippen molar-refractivity contribution in [2.24, 2.45) is 0 Å². The van der Waals surface area contributed by atoms with E-state index in [2.05, 4.69) is 4.74 Å². The summed E-state index contributed by atoms with van der Waals surface area (Å²) in [6.07, 6.45) is -6.17. The molecule has 0 heterocycles. The molecule has 1 rings (SSSR count). The minimum Gasteiger partial charge on any atom is -0.386 e. The Morgan fingerprint density at radius 1 is 1.24 bits per heavy atom. The lowest BCUT2D eigenvalue weighted by molar-refractivity contribution is -0.179. The number of aliphatic hydroxyl groups is 1. The predicted molar refractivity (Wildman–Crippen MR) is 48.2 cm³/mol. The molecule has 1 aromatic rings. The van der Waals surface area contributed by atoms with E-state index in [-0.39, 0.29) is 0 Å². The Labute approximate surface area is 93.6 Å². The van der Waals surface area contributed by atoms with Gasteiger partial charge in [0.15, 0.2) is 0 Å². The molecule has 1 atom stereocenters. The highest BCUT2D eigenvalue weighted by Crippen LogP contribution is 2.20. The molecular formula is C10H9F5O2. The summed E-state index contributed by atoms with van der Waals surface area (Å²) in [5, 5.41) is 9.32. The molecule has 17 heavy (non-hydrogen) atoms. The number of hydrogen-bond acceptors (Lipinski definition) is 2. The number of rotatable bonds is 4. The van der Waals surface area contributed by atoms with E-state index in [4.69, 9.17) is 0 Å². The third-order valence-electron chi connectivity index (χ3n) is 1.86. The maximum Gasteiger partial charge on any atom is 0.411 e. The van der Waals surface area contributed by atoms with Crippen LogP contribution in [0.4, 0.5) is 22.0 Å². The van der Waals surface area contributed by atoms with Crippen molar-refractivity contribution >= 4 is 0 Å². The van der Waals surface area contributed by atoms with E-state index in [0.717, 1.165) is 12.1 Å². The Morgan fingerprint density at radius 2 is 1.88 bits per heavy atom. The molecule has 0 spiro atoms. The summed E-state index contributed by atoms with van der Waals surface area (Å²) < 4.78 is 65.1. The van der Waals surface area contributed by atoms with Crippen LogP contribution >= 0.6 is 0 Å². The van der Waals surface area contributed by atoms with Crippen LogP contribution in [0, 0.1) is 11.6 Å². The second-order valence-corrected chi connectivity index (χ2v) is 3.31. The fraction of sp³-hybridized carbons (Fsp3) is 0.400. The Balaban J connectivity index is 2.58. The van der Waals surface area contributed by atoms with Crippen LogP contribution < -0.4 is 0 Å². The van der Waals surface area contributed by atoms with Gasteiger partial charge in [-0.15, -0.1) is 0 Å². The second-order valence-electron chi connectivity index (χ2n) is 3.31. The van der Waals surface area contributed by atoms with Crippen molar-refractivity contribution < 1.29 is 31.8 Å². The van der Waals surface area contributed by atoms with Gasteiger partial charge in [-0.05, 0) is 18.2 Å². The lowest BCUT2D eigenvalue weighted by Gasteiger charge is -2.13. The number of aliphatic hydroxyl groups excluding tert-OH is 1. The van der Waals surface area contributed by atoms with Crippen LogP contribution in [0.25, 0.3) is 0 Å². The molecule has 1 unspecified atom stereocenters. The van der Waals surface area contributed by atoms with Crippen molar-refractivity contribution in [2.45, 2.75) is 12.3 Å². The molecule has 0 saturated carbocycles. The van der Waals surface area contributed by atoms with E-state index < -0.39 is 42.7 Å². The molecule has 0 saturated heterocycles. The van der Waals surface area contributed by atoms with Crippen LogP contribution in [0.5, 0.6) is 0 Å². The molecule has 1 N–H and O–H groups in total. The fourth-order valence-electron chi connectivity index (χ4n) is 1.15. The van der Waals surface area contributed by atoms with Gasteiger partial charge in [-0.1, -0.05) is 0 Å². The van der Waals surface area contributed by atoms with Gasteiger partial charge in [0.2, 0.25) is 0 Å². The van der Waals surface area contributed by atoms with Crippen molar-refractivity contribution in [3.8, 4) is 0 Å². The maximum atomic E-state index is 13.1. The molecular weight excluding hydrogens is 247 g/mol. The van der Waals surface area contributed by atoms with Crippen molar-refractivity contribution in [1.29, 1.82) is 0 Å². The normalized spacial score (nSPS) is 13.8. The molecule has 0 radical (unpaired) electrons. The highest BCUT2D eigenvalue weighted by Gasteiger charge is 2.28. The summed E-state index contributed by atoms with van der Waals surface area (Å²) in [7, 11) is 0. The number of benzene rings is 1. The largest absolute Gasteiger partial charge is 0.411 e. The molecule has 0 aliphatic carbocycles. The zero-order valence-electron chi connectivity index (χ0n) is 8.47. The Morgan fingerprint density at radius 3 is 2.47 bits per heavy atom. The average molecular weight is 256 g/mol. The smallest absolute Gasteiger partial charge is 0.386 e. The van der Waals surface area contributed by atoms with Gasteiger partial charge in [0.1, 0.15) is 24.3 Å². The molecule has 2 nitrogen and oxygen atoms in total. The predicted octanol–water partition coefficient (Wildman–Crippen LogP) is 2.58. The zero-order chi connectivity index (χ0) is 13.1. The van der Waals surface area contributed by atoms with Gasteiger partial charge >= 0.3 is 6.18 Å². The van der Waals surface area contributed by atoms with Crippen LogP contribution in [0.2, 0.25) is 0 Å². The van der Waals surface area contributed by atoms with Gasteiger partial charge in [0.25, 0.3) is 0 Å². The highest BCUT2D eigenvalue weighted by molar-refractivity contribution is 5.21. The molecule has 0 aliphatic heterocycles. The Hall–Kier alpha value is -1.21. The lowest BCUT2D eigenvalue weighted by atomic mass is 10.1. The summed E-state index contributed by atoms with van der Waals surface area (Å²) in [6, 6.07) is 2.32. The topological polar surface area (TPSA) is 29.5 Å². The van der Waals surface area contributed by atoms with Gasteiger partial charge in [0, 0.05) is 5.56 Å². The molecule has 0 aromatic heterocycles. The van der Waals surface area contributed by atoms with Gasteiger partial charge < -0.3 is 9.84 Å². The van der Waals surface area contributed by atoms with Gasteiger partial charge in [-0.25, -0.2) is 8.78 Å². The molecule has 96 valence electrons. The maximum absolute atomic E-state index is 13.1.